The minimum absolute atomic E-state index is 0.00689. The summed E-state index contributed by atoms with van der Waals surface area (Å²) in [6.07, 6.45) is -2.20. The molecule has 0 aromatic heterocycles. The number of carbonyl (C=O) groups is 7. The number of unbranched alkanes of at least 4 members (excludes halogenated alkanes) is 1. The summed E-state index contributed by atoms with van der Waals surface area (Å²) >= 11 is 0.633. The van der Waals surface area contributed by atoms with Crippen LogP contribution >= 0.6 is 11.8 Å². The number of Topliss-reactive ketones (excluding diaryl/α,β-unsaturated/α-hetero) is 1. The van der Waals surface area contributed by atoms with Gasteiger partial charge in [0.25, 0.3) is 5.91 Å². The lowest BCUT2D eigenvalue weighted by atomic mass is 9.78. The van der Waals surface area contributed by atoms with E-state index in [0.29, 0.717) is 39.8 Å². The molecule has 0 saturated heterocycles. The zero-order valence-electron chi connectivity index (χ0n) is 32.5. The lowest BCUT2D eigenvalue weighted by Crippen LogP contribution is -2.72. The Balaban J connectivity index is 2.23. The molecular weight excluding hydrogens is 739 g/mol. The van der Waals surface area contributed by atoms with Gasteiger partial charge in [0, 0.05) is 26.8 Å². The third-order valence-electron chi connectivity index (χ3n) is 8.74. The molecule has 3 atom stereocenters. The fourth-order valence-corrected chi connectivity index (χ4v) is 6.95. The Bertz CT molecular complexity index is 1770. The molecule has 4 amide bonds. The van der Waals surface area contributed by atoms with Gasteiger partial charge in [-0.25, -0.2) is 14.5 Å². The molecule has 3 rings (SSSR count). The summed E-state index contributed by atoms with van der Waals surface area (Å²) in [6, 6.07) is 24.4. The van der Waals surface area contributed by atoms with E-state index in [2.05, 4.69) is 10.6 Å². The molecule has 0 aliphatic heterocycles. The van der Waals surface area contributed by atoms with Crippen molar-refractivity contribution >= 4 is 52.6 Å². The van der Waals surface area contributed by atoms with Gasteiger partial charge in [-0.1, -0.05) is 123 Å². The lowest BCUT2D eigenvalue weighted by Gasteiger charge is -2.42. The number of methoxy groups -OCH3 is 1. The fraction of sp³-hybridized carbons (Fsp3) is 0.405. The number of likely N-dealkylation sites (N-methyl/N-ethyl adjacent to an activating group) is 1. The van der Waals surface area contributed by atoms with E-state index in [-0.39, 0.29) is 44.8 Å². The molecule has 300 valence electrons. The number of alkyl carbamates (subject to hydrolysis) is 1. The summed E-state index contributed by atoms with van der Waals surface area (Å²) in [5, 5.41) is 3.37. The molecule has 2 N–H and O–H groups in total. The highest BCUT2D eigenvalue weighted by molar-refractivity contribution is 8.14. The lowest BCUT2D eigenvalue weighted by molar-refractivity contribution is -0.154. The van der Waals surface area contributed by atoms with Crippen LogP contribution in [0.5, 0.6) is 0 Å². The minimum Gasteiger partial charge on any atom is -0.469 e. The molecule has 0 fully saturated rings. The third kappa shape index (κ3) is 13.4. The van der Waals surface area contributed by atoms with Crippen molar-refractivity contribution < 1.29 is 47.8 Å². The average molecular weight is 790 g/mol. The van der Waals surface area contributed by atoms with Gasteiger partial charge in [-0.3, -0.25) is 24.0 Å². The number of imide groups is 1. The standard InChI is InChI=1S/C42H51N3O10S/c1-29(2)25-34(44-40(51)54-27-32-19-11-7-12-20-32)37(48)42(39(50)43-4,26-31-17-9-6-10-18-31)45(41(52)55-28-33-21-13-8-14-22-33)38(49)35(56-30(3)46)23-15-16-24-36(47)53-5/h6-14,17-22,29,34-35H,15-16,23-28H2,1-5H3,(H,43,50)(H,44,51)/t34-,35?,42+/m0/s1. The Morgan fingerprint density at radius 1 is 0.768 bits per heavy atom. The number of nitrogens with one attached hydrogen (secondary N) is 2. The van der Waals surface area contributed by atoms with E-state index in [1.165, 1.54) is 21.1 Å². The van der Waals surface area contributed by atoms with Crippen molar-refractivity contribution in [3.05, 3.63) is 108 Å². The molecule has 1 unspecified atom stereocenters. The quantitative estimate of drug-likeness (QED) is 0.0580. The molecule has 3 aromatic carbocycles. The summed E-state index contributed by atoms with van der Waals surface area (Å²) in [6.45, 7) is 4.43. The first kappa shape index (κ1) is 44.9. The second-order valence-corrected chi connectivity index (χ2v) is 14.9. The first-order valence-electron chi connectivity index (χ1n) is 18.4. The number of ketones is 1. The minimum atomic E-state index is -2.66. The van der Waals surface area contributed by atoms with Crippen molar-refractivity contribution in [1.29, 1.82) is 0 Å². The van der Waals surface area contributed by atoms with Crippen molar-refractivity contribution in [2.45, 2.75) is 89.3 Å². The van der Waals surface area contributed by atoms with E-state index in [1.807, 2.05) is 6.07 Å². The summed E-state index contributed by atoms with van der Waals surface area (Å²) in [7, 11) is 2.52. The second kappa shape index (κ2) is 22.8. The number of carbonyl (C=O) groups excluding carboxylic acids is 7. The zero-order chi connectivity index (χ0) is 41.1. The number of hydrogen-bond acceptors (Lipinski definition) is 11. The van der Waals surface area contributed by atoms with Crippen LogP contribution in [-0.4, -0.2) is 76.8 Å². The van der Waals surface area contributed by atoms with Gasteiger partial charge < -0.3 is 24.8 Å². The number of nitrogens with zero attached hydrogens (tertiary/aromatic N) is 1. The van der Waals surface area contributed by atoms with E-state index in [1.54, 1.807) is 98.8 Å². The first-order valence-corrected chi connectivity index (χ1v) is 19.3. The number of thioether (sulfide) groups is 1. The van der Waals surface area contributed by atoms with E-state index >= 15 is 9.59 Å². The van der Waals surface area contributed by atoms with Crippen LogP contribution in [-0.2, 0) is 57.8 Å². The Morgan fingerprint density at radius 2 is 1.30 bits per heavy atom. The van der Waals surface area contributed by atoms with Crippen LogP contribution < -0.4 is 10.6 Å². The molecule has 13 nitrogen and oxygen atoms in total. The van der Waals surface area contributed by atoms with Crippen LogP contribution in [0.2, 0.25) is 0 Å². The molecule has 56 heavy (non-hydrogen) atoms. The van der Waals surface area contributed by atoms with Gasteiger partial charge in [0.2, 0.25) is 5.91 Å². The van der Waals surface area contributed by atoms with Crippen molar-refractivity contribution in [3.63, 3.8) is 0 Å². The van der Waals surface area contributed by atoms with Crippen LogP contribution in [0.15, 0.2) is 91.0 Å². The molecular formula is C42H51N3O10S. The van der Waals surface area contributed by atoms with E-state index in [4.69, 9.17) is 14.2 Å². The number of amides is 4. The molecule has 0 saturated carbocycles. The normalized spacial score (nSPS) is 13.0. The summed E-state index contributed by atoms with van der Waals surface area (Å²) < 4.78 is 15.9. The second-order valence-electron chi connectivity index (χ2n) is 13.5. The maximum Gasteiger partial charge on any atom is 0.418 e. The van der Waals surface area contributed by atoms with E-state index in [9.17, 15) is 24.0 Å². The largest absolute Gasteiger partial charge is 0.469 e. The SMILES string of the molecule is CNC(=O)[C@@](Cc1ccccc1)(C(=O)[C@H](CC(C)C)NC(=O)OCc1ccccc1)N(C(=O)OCc1ccccc1)C(=O)C(CCCCC(=O)OC)SC(C)=O. The molecule has 0 spiro atoms. The number of esters is 1. The van der Waals surface area contributed by atoms with Gasteiger partial charge >= 0.3 is 18.2 Å². The van der Waals surface area contributed by atoms with Crippen molar-refractivity contribution in [3.8, 4) is 0 Å². The molecule has 14 heteroatoms. The molecule has 0 heterocycles. The Hall–Kier alpha value is -5.50. The van der Waals surface area contributed by atoms with Crippen LogP contribution in [0.3, 0.4) is 0 Å². The van der Waals surface area contributed by atoms with Crippen molar-refractivity contribution in [2.24, 2.45) is 5.92 Å². The van der Waals surface area contributed by atoms with Crippen molar-refractivity contribution in [2.75, 3.05) is 14.2 Å². The fourth-order valence-electron chi connectivity index (χ4n) is 6.06. The zero-order valence-corrected chi connectivity index (χ0v) is 33.3. The molecule has 0 radical (unpaired) electrons. The van der Waals surface area contributed by atoms with E-state index < -0.39 is 64.1 Å². The van der Waals surface area contributed by atoms with Crippen LogP contribution in [0.25, 0.3) is 0 Å². The third-order valence-corrected chi connectivity index (χ3v) is 9.79. The highest BCUT2D eigenvalue weighted by Crippen LogP contribution is 2.32. The Labute approximate surface area is 332 Å². The van der Waals surface area contributed by atoms with Crippen LogP contribution in [0.1, 0.15) is 69.6 Å². The summed E-state index contributed by atoms with van der Waals surface area (Å²) in [5.74, 6) is -3.74. The van der Waals surface area contributed by atoms with Gasteiger partial charge in [0.05, 0.1) is 18.4 Å². The highest BCUT2D eigenvalue weighted by Gasteiger charge is 2.58. The van der Waals surface area contributed by atoms with E-state index in [0.717, 1.165) is 0 Å². The number of rotatable bonds is 20. The van der Waals surface area contributed by atoms with Crippen molar-refractivity contribution in [1.82, 2.24) is 15.5 Å². The maximum atomic E-state index is 15.4. The first-order chi connectivity index (χ1) is 26.8. The topological polar surface area (TPSA) is 174 Å². The predicted molar refractivity (Wildman–Crippen MR) is 211 cm³/mol. The summed E-state index contributed by atoms with van der Waals surface area (Å²) in [5.41, 5.74) is -1.00. The molecule has 0 aliphatic rings. The van der Waals surface area contributed by atoms with Crippen LogP contribution in [0, 0.1) is 5.92 Å². The van der Waals surface area contributed by atoms with Gasteiger partial charge in [0.15, 0.2) is 16.4 Å². The van der Waals surface area contributed by atoms with Gasteiger partial charge in [-0.15, -0.1) is 0 Å². The Morgan fingerprint density at radius 3 is 1.80 bits per heavy atom. The van der Waals surface area contributed by atoms with Gasteiger partial charge in [0.1, 0.15) is 13.2 Å². The highest BCUT2D eigenvalue weighted by atomic mass is 32.2. The predicted octanol–water partition coefficient (Wildman–Crippen LogP) is 6.17. The van der Waals surface area contributed by atoms with Crippen LogP contribution in [0.4, 0.5) is 9.59 Å². The number of ether oxygens (including phenoxy) is 3. The van der Waals surface area contributed by atoms with Gasteiger partial charge in [-0.05, 0) is 41.9 Å². The molecule has 0 bridgehead atoms. The number of hydrogen-bond donors (Lipinski definition) is 2. The van der Waals surface area contributed by atoms with Gasteiger partial charge in [-0.2, -0.15) is 0 Å². The Kier molecular flexibility index (Phi) is 18.3. The summed E-state index contributed by atoms with van der Waals surface area (Å²) in [4.78, 5) is 97.9. The average Bonchev–Trinajstić information content (AvgIpc) is 3.19. The monoisotopic (exact) mass is 789 g/mol. The smallest absolute Gasteiger partial charge is 0.418 e. The maximum absolute atomic E-state index is 15.4. The molecule has 3 aromatic rings. The molecule has 0 aliphatic carbocycles. The number of benzene rings is 3.